The van der Waals surface area contributed by atoms with Crippen molar-refractivity contribution in [3.63, 3.8) is 0 Å². The molecule has 0 aliphatic rings. The molecule has 2 N–H and O–H groups in total. The van der Waals surface area contributed by atoms with Gasteiger partial charge in [0.1, 0.15) is 11.4 Å². The fraction of sp³-hybridized carbons (Fsp3) is 0.0870. The van der Waals surface area contributed by atoms with E-state index < -0.39 is 0 Å². The van der Waals surface area contributed by atoms with Crippen LogP contribution in [0.25, 0.3) is 23.0 Å². The topological polar surface area (TPSA) is 80.1 Å². The molecule has 32 heavy (non-hydrogen) atoms. The zero-order chi connectivity index (χ0) is 21.9. The smallest absolute Gasteiger partial charge is 0.195 e. The van der Waals surface area contributed by atoms with Crippen molar-refractivity contribution >= 4 is 24.4 Å². The number of aromatic nitrogens is 7. The molecule has 0 fully saturated rings. The van der Waals surface area contributed by atoms with Crippen molar-refractivity contribution in [2.75, 3.05) is 0 Å². The summed E-state index contributed by atoms with van der Waals surface area (Å²) in [6.07, 6.45) is 0. The normalized spacial score (nSPS) is 11.0. The molecule has 0 unspecified atom stereocenters. The minimum atomic E-state index is 0.544. The number of nitrogens with one attached hydrogen (secondary N) is 2. The van der Waals surface area contributed by atoms with Gasteiger partial charge in [0, 0.05) is 0 Å². The molecule has 5 aromatic rings. The molecular formula is C23H19N7S2. The molecule has 158 valence electrons. The summed E-state index contributed by atoms with van der Waals surface area (Å²) in [7, 11) is 0. The Kier molecular flexibility index (Phi) is 5.57. The molecule has 0 atom stereocenters. The standard InChI is InChI=1S/C23H19N7S2/c31-22-27-25-20(29(22)14-16-8-3-1-4-9-16)18-12-7-13-19(24-18)21-26-28-23(32)30(21)15-17-10-5-2-6-11-17/h1-13H,14-15H2,(H,27,31)(H,28,32). The second kappa shape index (κ2) is 8.81. The molecule has 0 aliphatic heterocycles. The molecule has 9 heteroatoms. The number of pyridine rings is 1. The van der Waals surface area contributed by atoms with Crippen LogP contribution in [0.2, 0.25) is 0 Å². The van der Waals surface area contributed by atoms with E-state index in [-0.39, 0.29) is 0 Å². The lowest BCUT2D eigenvalue weighted by molar-refractivity contribution is 0.783. The van der Waals surface area contributed by atoms with E-state index in [1.807, 2.05) is 63.7 Å². The third kappa shape index (κ3) is 4.08. The Morgan fingerprint density at radius 2 is 1.03 bits per heavy atom. The summed E-state index contributed by atoms with van der Waals surface area (Å²) in [6.45, 7) is 1.20. The Bertz CT molecular complexity index is 1350. The van der Waals surface area contributed by atoms with Crippen molar-refractivity contribution in [1.29, 1.82) is 0 Å². The maximum atomic E-state index is 5.48. The molecular weight excluding hydrogens is 438 g/mol. The van der Waals surface area contributed by atoms with E-state index in [1.165, 1.54) is 0 Å². The predicted octanol–water partition coefficient (Wildman–Crippen LogP) is 5.02. The average molecular weight is 458 g/mol. The summed E-state index contributed by atoms with van der Waals surface area (Å²) in [5, 5.41) is 14.7. The van der Waals surface area contributed by atoms with Crippen molar-refractivity contribution in [3.05, 3.63) is 99.5 Å². The second-order valence-electron chi connectivity index (χ2n) is 7.26. The van der Waals surface area contributed by atoms with Gasteiger partial charge in [0.2, 0.25) is 0 Å². The maximum Gasteiger partial charge on any atom is 0.195 e. The van der Waals surface area contributed by atoms with Gasteiger partial charge in [-0.3, -0.25) is 19.3 Å². The van der Waals surface area contributed by atoms with Crippen LogP contribution in [-0.4, -0.2) is 34.5 Å². The molecule has 2 aromatic carbocycles. The van der Waals surface area contributed by atoms with Gasteiger partial charge in [0.05, 0.1) is 13.1 Å². The number of nitrogens with zero attached hydrogens (tertiary/aromatic N) is 5. The zero-order valence-electron chi connectivity index (χ0n) is 17.0. The SMILES string of the molecule is S=c1[nH]nc(-c2cccc(-c3n[nH]c(=S)n3Cc3ccccc3)n2)n1Cc1ccccc1. The zero-order valence-corrected chi connectivity index (χ0v) is 18.6. The molecule has 0 aliphatic carbocycles. The summed E-state index contributed by atoms with van der Waals surface area (Å²) in [6, 6.07) is 26.0. The number of aromatic amines is 2. The molecule has 3 aromatic heterocycles. The van der Waals surface area contributed by atoms with Gasteiger partial charge < -0.3 is 0 Å². The van der Waals surface area contributed by atoms with Gasteiger partial charge in [-0.15, -0.1) is 0 Å². The van der Waals surface area contributed by atoms with E-state index in [9.17, 15) is 0 Å². The minimum Gasteiger partial charge on any atom is -0.294 e. The molecule has 7 nitrogen and oxygen atoms in total. The highest BCUT2D eigenvalue weighted by Crippen LogP contribution is 2.22. The first-order valence-corrected chi connectivity index (χ1v) is 10.9. The van der Waals surface area contributed by atoms with Crippen LogP contribution < -0.4 is 0 Å². The first-order valence-electron chi connectivity index (χ1n) is 10.0. The summed E-state index contributed by atoms with van der Waals surface area (Å²) in [5.74, 6) is 1.34. The van der Waals surface area contributed by atoms with Crippen molar-refractivity contribution < 1.29 is 0 Å². The summed E-state index contributed by atoms with van der Waals surface area (Å²) in [5.41, 5.74) is 3.66. The second-order valence-corrected chi connectivity index (χ2v) is 8.03. The van der Waals surface area contributed by atoms with Gasteiger partial charge >= 0.3 is 0 Å². The highest BCUT2D eigenvalue weighted by atomic mass is 32.1. The Labute approximate surface area is 194 Å². The van der Waals surface area contributed by atoms with Crippen molar-refractivity contribution in [1.82, 2.24) is 34.5 Å². The lowest BCUT2D eigenvalue weighted by Gasteiger charge is -2.09. The summed E-state index contributed by atoms with van der Waals surface area (Å²) < 4.78 is 4.97. The van der Waals surface area contributed by atoms with Gasteiger partial charge in [-0.1, -0.05) is 66.7 Å². The number of H-pyrrole nitrogens is 2. The van der Waals surface area contributed by atoms with Crippen LogP contribution in [0.4, 0.5) is 0 Å². The molecule has 0 amide bonds. The van der Waals surface area contributed by atoms with Crippen molar-refractivity contribution in [2.45, 2.75) is 13.1 Å². The Morgan fingerprint density at radius 3 is 1.47 bits per heavy atom. The molecule has 0 saturated heterocycles. The van der Waals surface area contributed by atoms with Crippen LogP contribution in [-0.2, 0) is 13.1 Å². The lowest BCUT2D eigenvalue weighted by Crippen LogP contribution is -2.05. The van der Waals surface area contributed by atoms with E-state index in [0.717, 1.165) is 11.1 Å². The van der Waals surface area contributed by atoms with Crippen molar-refractivity contribution in [2.24, 2.45) is 0 Å². The van der Waals surface area contributed by atoms with E-state index in [0.29, 0.717) is 45.7 Å². The van der Waals surface area contributed by atoms with E-state index in [4.69, 9.17) is 29.4 Å². The van der Waals surface area contributed by atoms with Gasteiger partial charge in [0.15, 0.2) is 21.2 Å². The largest absolute Gasteiger partial charge is 0.294 e. The molecule has 0 bridgehead atoms. The van der Waals surface area contributed by atoms with Crippen LogP contribution in [0.5, 0.6) is 0 Å². The van der Waals surface area contributed by atoms with Gasteiger partial charge in [-0.2, -0.15) is 10.2 Å². The number of hydrogen-bond acceptors (Lipinski definition) is 5. The van der Waals surface area contributed by atoms with Crippen LogP contribution in [0, 0.1) is 9.54 Å². The Morgan fingerprint density at radius 1 is 0.594 bits per heavy atom. The maximum absolute atomic E-state index is 5.48. The van der Waals surface area contributed by atoms with E-state index in [1.54, 1.807) is 0 Å². The first-order chi connectivity index (χ1) is 15.7. The molecule has 0 saturated carbocycles. The van der Waals surface area contributed by atoms with Gasteiger partial charge in [-0.05, 0) is 47.7 Å². The highest BCUT2D eigenvalue weighted by molar-refractivity contribution is 7.71. The summed E-state index contributed by atoms with van der Waals surface area (Å²) in [4.78, 5) is 4.85. The summed E-state index contributed by atoms with van der Waals surface area (Å²) >= 11 is 11.0. The predicted molar refractivity (Wildman–Crippen MR) is 128 cm³/mol. The number of rotatable bonds is 6. The van der Waals surface area contributed by atoms with E-state index >= 15 is 0 Å². The Balaban J connectivity index is 1.53. The van der Waals surface area contributed by atoms with Crippen LogP contribution in [0.3, 0.4) is 0 Å². The lowest BCUT2D eigenvalue weighted by atomic mass is 10.2. The quantitative estimate of drug-likeness (QED) is 0.350. The molecule has 3 heterocycles. The number of hydrogen-bond donors (Lipinski definition) is 2. The third-order valence-electron chi connectivity index (χ3n) is 5.09. The number of benzene rings is 2. The monoisotopic (exact) mass is 457 g/mol. The minimum absolute atomic E-state index is 0.544. The van der Waals surface area contributed by atoms with Crippen LogP contribution in [0.15, 0.2) is 78.9 Å². The Hall–Kier alpha value is -3.69. The molecule has 5 rings (SSSR count). The van der Waals surface area contributed by atoms with Crippen molar-refractivity contribution in [3.8, 4) is 23.0 Å². The van der Waals surface area contributed by atoms with Crippen LogP contribution >= 0.6 is 24.4 Å². The molecule has 0 radical (unpaired) electrons. The fourth-order valence-electron chi connectivity index (χ4n) is 3.54. The van der Waals surface area contributed by atoms with Crippen LogP contribution in [0.1, 0.15) is 11.1 Å². The fourth-order valence-corrected chi connectivity index (χ4v) is 3.93. The highest BCUT2D eigenvalue weighted by Gasteiger charge is 2.15. The van der Waals surface area contributed by atoms with Gasteiger partial charge in [-0.25, -0.2) is 4.98 Å². The van der Waals surface area contributed by atoms with Gasteiger partial charge in [0.25, 0.3) is 0 Å². The first kappa shape index (κ1) is 20.2. The average Bonchev–Trinajstić information content (AvgIpc) is 3.38. The molecule has 0 spiro atoms. The van der Waals surface area contributed by atoms with E-state index in [2.05, 4.69) is 44.7 Å². The third-order valence-corrected chi connectivity index (χ3v) is 5.71.